The number of carbonyl (C=O) groups is 1. The molecule has 4 nitrogen and oxygen atoms in total. The predicted octanol–water partition coefficient (Wildman–Crippen LogP) is 5.66. The highest BCUT2D eigenvalue weighted by Gasteiger charge is 2.39. The lowest BCUT2D eigenvalue weighted by Crippen LogP contribution is -2.47. The molecule has 1 heterocycles. The largest absolute Gasteiger partial charge is 0.487 e. The molecule has 0 aliphatic carbocycles. The van der Waals surface area contributed by atoms with Crippen molar-refractivity contribution >= 4 is 5.91 Å². The molecule has 1 amide bonds. The van der Waals surface area contributed by atoms with Crippen molar-refractivity contribution in [2.75, 3.05) is 0 Å². The molecule has 3 rings (SSSR count). The lowest BCUT2D eigenvalue weighted by Gasteiger charge is -2.42. The highest BCUT2D eigenvalue weighted by atomic mass is 16.5. The minimum Gasteiger partial charge on any atom is -0.487 e. The third-order valence-corrected chi connectivity index (χ3v) is 5.94. The van der Waals surface area contributed by atoms with Gasteiger partial charge in [0, 0.05) is 12.0 Å². The first-order valence-corrected chi connectivity index (χ1v) is 10.7. The van der Waals surface area contributed by atoms with Crippen LogP contribution in [-0.4, -0.2) is 17.6 Å². The molecular formula is C25H33NO3. The highest BCUT2D eigenvalue weighted by Crippen LogP contribution is 2.42. The van der Waals surface area contributed by atoms with Crippen molar-refractivity contribution in [3.8, 4) is 11.5 Å². The molecule has 1 aliphatic rings. The van der Waals surface area contributed by atoms with E-state index < -0.39 is 6.10 Å². The van der Waals surface area contributed by atoms with Gasteiger partial charge in [-0.2, -0.15) is 0 Å². The van der Waals surface area contributed by atoms with E-state index >= 15 is 0 Å². The molecule has 0 unspecified atom stereocenters. The Balaban J connectivity index is 1.80. The summed E-state index contributed by atoms with van der Waals surface area (Å²) in [5.41, 5.74) is 3.05. The van der Waals surface area contributed by atoms with E-state index in [-0.39, 0.29) is 17.6 Å². The Hall–Kier alpha value is -2.49. The Morgan fingerprint density at radius 3 is 2.41 bits per heavy atom. The molecule has 0 bridgehead atoms. The van der Waals surface area contributed by atoms with Crippen LogP contribution in [0.1, 0.15) is 69.2 Å². The van der Waals surface area contributed by atoms with Gasteiger partial charge >= 0.3 is 0 Å². The summed E-state index contributed by atoms with van der Waals surface area (Å²) in [6, 6.07) is 14.0. The average molecular weight is 396 g/mol. The van der Waals surface area contributed by atoms with Gasteiger partial charge in [0.2, 0.25) is 0 Å². The number of carbonyl (C=O) groups excluding carboxylic acids is 1. The first-order valence-electron chi connectivity index (χ1n) is 10.7. The smallest absolute Gasteiger partial charge is 0.261 e. The SMILES string of the molecule is CC[C@H](Oc1cc(C)cc(C)c1)C(=O)N[C@@H]1CC(CC)(CC)Oc2ccccc21. The fraction of sp³-hybridized carbons (Fsp3) is 0.480. The van der Waals surface area contributed by atoms with E-state index in [2.05, 4.69) is 25.2 Å². The number of amides is 1. The fourth-order valence-corrected chi connectivity index (χ4v) is 4.18. The number of nitrogens with one attached hydrogen (secondary N) is 1. The summed E-state index contributed by atoms with van der Waals surface area (Å²) in [5.74, 6) is 1.54. The second kappa shape index (κ2) is 8.89. The first kappa shape index (κ1) is 21.2. The van der Waals surface area contributed by atoms with Gasteiger partial charge in [0.1, 0.15) is 17.1 Å². The van der Waals surface area contributed by atoms with Gasteiger partial charge in [-0.05, 0) is 62.4 Å². The predicted molar refractivity (Wildman–Crippen MR) is 117 cm³/mol. The van der Waals surface area contributed by atoms with Gasteiger partial charge in [-0.15, -0.1) is 0 Å². The normalized spacial score (nSPS) is 18.3. The molecule has 29 heavy (non-hydrogen) atoms. The molecule has 2 atom stereocenters. The fourth-order valence-electron chi connectivity index (χ4n) is 4.18. The zero-order chi connectivity index (χ0) is 21.0. The van der Waals surface area contributed by atoms with Crippen LogP contribution in [0.25, 0.3) is 0 Å². The molecule has 1 aliphatic heterocycles. The van der Waals surface area contributed by atoms with Gasteiger partial charge in [0.05, 0.1) is 6.04 Å². The number of hydrogen-bond acceptors (Lipinski definition) is 3. The monoisotopic (exact) mass is 395 g/mol. The van der Waals surface area contributed by atoms with E-state index in [0.29, 0.717) is 6.42 Å². The number of ether oxygens (including phenoxy) is 2. The van der Waals surface area contributed by atoms with Gasteiger partial charge in [-0.3, -0.25) is 4.79 Å². The second-order valence-corrected chi connectivity index (χ2v) is 8.13. The van der Waals surface area contributed by atoms with Crippen molar-refractivity contribution in [3.63, 3.8) is 0 Å². The Morgan fingerprint density at radius 1 is 1.14 bits per heavy atom. The minimum absolute atomic E-state index is 0.0746. The summed E-state index contributed by atoms with van der Waals surface area (Å²) in [4.78, 5) is 13.1. The molecule has 2 aromatic rings. The van der Waals surface area contributed by atoms with Gasteiger partial charge in [-0.25, -0.2) is 0 Å². The molecule has 2 aromatic carbocycles. The Kier molecular flexibility index (Phi) is 6.51. The van der Waals surface area contributed by atoms with Crippen molar-refractivity contribution in [2.24, 2.45) is 0 Å². The van der Waals surface area contributed by atoms with Crippen molar-refractivity contribution in [2.45, 2.75) is 78.0 Å². The van der Waals surface area contributed by atoms with Crippen molar-refractivity contribution in [1.82, 2.24) is 5.32 Å². The summed E-state index contributed by atoms with van der Waals surface area (Å²) in [5, 5.41) is 3.26. The minimum atomic E-state index is -0.524. The van der Waals surface area contributed by atoms with E-state index in [1.165, 1.54) is 0 Å². The molecule has 0 fully saturated rings. The van der Waals surface area contributed by atoms with Crippen LogP contribution in [0, 0.1) is 13.8 Å². The van der Waals surface area contributed by atoms with E-state index in [1.807, 2.05) is 57.2 Å². The highest BCUT2D eigenvalue weighted by molar-refractivity contribution is 5.81. The molecule has 0 radical (unpaired) electrons. The second-order valence-electron chi connectivity index (χ2n) is 8.13. The third-order valence-electron chi connectivity index (χ3n) is 5.94. The van der Waals surface area contributed by atoms with E-state index in [1.54, 1.807) is 0 Å². The standard InChI is InChI=1S/C25H33NO3/c1-6-22(28-19-14-17(4)13-18(5)15-19)24(27)26-21-16-25(7-2,8-3)29-23-12-10-9-11-20(21)23/h9-15,21-22H,6-8,16H2,1-5H3,(H,26,27)/t21-,22+/m1/s1. The van der Waals surface area contributed by atoms with Crippen LogP contribution in [0.3, 0.4) is 0 Å². The number of aryl methyl sites for hydroxylation is 2. The zero-order valence-corrected chi connectivity index (χ0v) is 18.2. The summed E-state index contributed by atoms with van der Waals surface area (Å²) >= 11 is 0. The quantitative estimate of drug-likeness (QED) is 0.658. The maximum Gasteiger partial charge on any atom is 0.261 e. The van der Waals surface area contributed by atoms with Crippen LogP contribution in [0.2, 0.25) is 0 Å². The maximum atomic E-state index is 13.1. The number of fused-ring (bicyclic) bond motifs is 1. The summed E-state index contributed by atoms with van der Waals surface area (Å²) < 4.78 is 12.4. The number of benzene rings is 2. The van der Waals surface area contributed by atoms with Crippen molar-refractivity contribution in [1.29, 1.82) is 0 Å². The first-order chi connectivity index (χ1) is 13.9. The van der Waals surface area contributed by atoms with Crippen LogP contribution in [0.15, 0.2) is 42.5 Å². The van der Waals surface area contributed by atoms with E-state index in [0.717, 1.165) is 47.5 Å². The summed E-state index contributed by atoms with van der Waals surface area (Å²) in [6.07, 6.45) is 2.66. The Morgan fingerprint density at radius 2 is 1.79 bits per heavy atom. The molecule has 4 heteroatoms. The van der Waals surface area contributed by atoms with Gasteiger partial charge < -0.3 is 14.8 Å². The maximum absolute atomic E-state index is 13.1. The van der Waals surface area contributed by atoms with E-state index in [9.17, 15) is 4.79 Å². The molecule has 0 saturated carbocycles. The Labute approximate surface area is 174 Å². The summed E-state index contributed by atoms with van der Waals surface area (Å²) in [6.45, 7) is 10.3. The molecule has 0 spiro atoms. The van der Waals surface area contributed by atoms with Gasteiger partial charge in [0.15, 0.2) is 6.10 Å². The molecule has 156 valence electrons. The van der Waals surface area contributed by atoms with Crippen LogP contribution in [-0.2, 0) is 4.79 Å². The number of para-hydroxylation sites is 1. The summed E-state index contributed by atoms with van der Waals surface area (Å²) in [7, 11) is 0. The van der Waals surface area contributed by atoms with Crippen molar-refractivity contribution < 1.29 is 14.3 Å². The van der Waals surface area contributed by atoms with Gasteiger partial charge in [0.25, 0.3) is 5.91 Å². The van der Waals surface area contributed by atoms with Crippen LogP contribution < -0.4 is 14.8 Å². The molecular weight excluding hydrogens is 362 g/mol. The zero-order valence-electron chi connectivity index (χ0n) is 18.2. The van der Waals surface area contributed by atoms with Crippen molar-refractivity contribution in [3.05, 3.63) is 59.2 Å². The molecule has 0 aromatic heterocycles. The lowest BCUT2D eigenvalue weighted by molar-refractivity contribution is -0.129. The van der Waals surface area contributed by atoms with E-state index in [4.69, 9.17) is 9.47 Å². The molecule has 0 saturated heterocycles. The lowest BCUT2D eigenvalue weighted by atomic mass is 9.83. The third kappa shape index (κ3) is 4.75. The number of rotatable bonds is 7. The van der Waals surface area contributed by atoms with Crippen LogP contribution in [0.5, 0.6) is 11.5 Å². The number of hydrogen-bond donors (Lipinski definition) is 1. The Bertz CT molecular complexity index is 837. The van der Waals surface area contributed by atoms with Crippen LogP contribution in [0.4, 0.5) is 0 Å². The average Bonchev–Trinajstić information content (AvgIpc) is 2.71. The topological polar surface area (TPSA) is 47.6 Å². The van der Waals surface area contributed by atoms with Crippen LogP contribution >= 0.6 is 0 Å². The molecule has 1 N–H and O–H groups in total. The van der Waals surface area contributed by atoms with Gasteiger partial charge in [-0.1, -0.05) is 45.0 Å².